The summed E-state index contributed by atoms with van der Waals surface area (Å²) in [6.07, 6.45) is 1.62. The van der Waals surface area contributed by atoms with Crippen molar-refractivity contribution in [3.63, 3.8) is 0 Å². The average Bonchev–Trinajstić information content (AvgIpc) is 2.80. The van der Waals surface area contributed by atoms with Crippen LogP contribution in [0.4, 0.5) is 14.5 Å². The van der Waals surface area contributed by atoms with E-state index < -0.39 is 17.6 Å². The van der Waals surface area contributed by atoms with Crippen molar-refractivity contribution in [2.45, 2.75) is 12.5 Å². The lowest BCUT2D eigenvalue weighted by Crippen LogP contribution is -2.36. The number of nitrogens with zero attached hydrogens (tertiary/aromatic N) is 2. The minimum Gasteiger partial charge on any atom is -0.303 e. The van der Waals surface area contributed by atoms with Gasteiger partial charge in [0.2, 0.25) is 5.91 Å². The predicted octanol–water partition coefficient (Wildman–Crippen LogP) is 5.73. The molecule has 1 amide bonds. The van der Waals surface area contributed by atoms with Gasteiger partial charge in [0.1, 0.15) is 11.6 Å². The molecule has 3 aromatic carbocycles. The Balaban J connectivity index is 1.82. The first-order chi connectivity index (χ1) is 15.1. The highest BCUT2D eigenvalue weighted by molar-refractivity contribution is 6.00. The second-order valence-electron chi connectivity index (χ2n) is 7.10. The Morgan fingerprint density at radius 2 is 1.42 bits per heavy atom. The van der Waals surface area contributed by atoms with E-state index in [2.05, 4.69) is 4.98 Å². The first-order valence-electron chi connectivity index (χ1n) is 9.89. The molecule has 4 rings (SSSR count). The lowest BCUT2D eigenvalue weighted by molar-refractivity contribution is -0.119. The minimum absolute atomic E-state index is 0.00825. The fourth-order valence-corrected chi connectivity index (χ4v) is 3.56. The number of hydrogen-bond acceptors (Lipinski definition) is 2. The molecule has 0 saturated heterocycles. The quantitative estimate of drug-likeness (QED) is 0.404. The Bertz CT molecular complexity index is 1110. The standard InChI is InChI=1S/C26H20F2N2O/c27-21-14-15-24(23(28)17-21)30(18-22-13-7-8-16-29-22)26(31)25(19-9-3-1-4-10-19)20-11-5-2-6-12-20/h1-17,25H,18H2. The highest BCUT2D eigenvalue weighted by Gasteiger charge is 2.30. The maximum absolute atomic E-state index is 14.8. The largest absolute Gasteiger partial charge is 0.303 e. The molecule has 0 fully saturated rings. The molecule has 0 aliphatic heterocycles. The van der Waals surface area contributed by atoms with Gasteiger partial charge < -0.3 is 4.90 Å². The molecule has 4 aromatic rings. The van der Waals surface area contributed by atoms with Crippen molar-refractivity contribution in [2.24, 2.45) is 0 Å². The summed E-state index contributed by atoms with van der Waals surface area (Å²) in [5.74, 6) is -2.48. The van der Waals surface area contributed by atoms with Gasteiger partial charge >= 0.3 is 0 Å². The normalized spacial score (nSPS) is 10.8. The molecule has 3 nitrogen and oxygen atoms in total. The number of halogens is 2. The van der Waals surface area contributed by atoms with Gasteiger partial charge in [0.25, 0.3) is 0 Å². The van der Waals surface area contributed by atoms with Crippen molar-refractivity contribution < 1.29 is 13.6 Å². The van der Waals surface area contributed by atoms with Gasteiger partial charge in [-0.25, -0.2) is 8.78 Å². The van der Waals surface area contributed by atoms with E-state index in [1.54, 1.807) is 24.4 Å². The van der Waals surface area contributed by atoms with Crippen molar-refractivity contribution in [2.75, 3.05) is 4.90 Å². The molecule has 0 atom stereocenters. The van der Waals surface area contributed by atoms with E-state index in [4.69, 9.17) is 0 Å². The van der Waals surface area contributed by atoms with Crippen LogP contribution in [0.5, 0.6) is 0 Å². The number of amides is 1. The summed E-state index contributed by atoms with van der Waals surface area (Å²) in [6.45, 7) is 0.0540. The van der Waals surface area contributed by atoms with Crippen LogP contribution in [0.15, 0.2) is 103 Å². The molecule has 0 spiro atoms. The van der Waals surface area contributed by atoms with E-state index >= 15 is 0 Å². The Hall–Kier alpha value is -3.86. The fourth-order valence-electron chi connectivity index (χ4n) is 3.56. The molecule has 0 radical (unpaired) electrons. The molecule has 1 aromatic heterocycles. The highest BCUT2D eigenvalue weighted by Crippen LogP contribution is 2.31. The van der Waals surface area contributed by atoms with Gasteiger partial charge in [-0.05, 0) is 35.4 Å². The summed E-state index contributed by atoms with van der Waals surface area (Å²) in [6, 6.07) is 27.2. The Kier molecular flexibility index (Phi) is 6.13. The molecule has 0 saturated carbocycles. The lowest BCUT2D eigenvalue weighted by atomic mass is 9.89. The van der Waals surface area contributed by atoms with Crippen molar-refractivity contribution in [3.8, 4) is 0 Å². The van der Waals surface area contributed by atoms with Crippen LogP contribution >= 0.6 is 0 Å². The second-order valence-corrected chi connectivity index (χ2v) is 7.10. The van der Waals surface area contributed by atoms with E-state index in [0.29, 0.717) is 5.69 Å². The van der Waals surface area contributed by atoms with Crippen LogP contribution in [0.2, 0.25) is 0 Å². The number of aromatic nitrogens is 1. The minimum atomic E-state index is -0.802. The molecule has 0 aliphatic carbocycles. The van der Waals surface area contributed by atoms with Crippen molar-refractivity contribution in [3.05, 3.63) is 132 Å². The van der Waals surface area contributed by atoms with Gasteiger partial charge in [0.05, 0.1) is 23.8 Å². The monoisotopic (exact) mass is 414 g/mol. The van der Waals surface area contributed by atoms with Crippen LogP contribution in [0, 0.1) is 11.6 Å². The molecule has 0 aliphatic rings. The molecular weight excluding hydrogens is 394 g/mol. The Morgan fingerprint density at radius 1 is 0.806 bits per heavy atom. The number of rotatable bonds is 6. The van der Waals surface area contributed by atoms with Crippen molar-refractivity contribution >= 4 is 11.6 Å². The topological polar surface area (TPSA) is 33.2 Å². The van der Waals surface area contributed by atoms with Gasteiger partial charge in [-0.15, -0.1) is 0 Å². The highest BCUT2D eigenvalue weighted by atomic mass is 19.1. The summed E-state index contributed by atoms with van der Waals surface area (Å²) in [4.78, 5) is 19.5. The number of anilines is 1. The molecule has 5 heteroatoms. The maximum Gasteiger partial charge on any atom is 0.239 e. The van der Waals surface area contributed by atoms with Gasteiger partial charge in [-0.2, -0.15) is 0 Å². The van der Waals surface area contributed by atoms with Gasteiger partial charge in [0, 0.05) is 12.3 Å². The molecular formula is C26H20F2N2O. The Morgan fingerprint density at radius 3 is 1.97 bits per heavy atom. The Labute approximate surface area is 179 Å². The van der Waals surface area contributed by atoms with Crippen LogP contribution < -0.4 is 4.90 Å². The third-order valence-corrected chi connectivity index (χ3v) is 5.03. The van der Waals surface area contributed by atoms with Gasteiger partial charge in [-0.1, -0.05) is 66.7 Å². The summed E-state index contributed by atoms with van der Waals surface area (Å²) in [5, 5.41) is 0. The number of hydrogen-bond donors (Lipinski definition) is 0. The summed E-state index contributed by atoms with van der Waals surface area (Å²) >= 11 is 0. The third-order valence-electron chi connectivity index (χ3n) is 5.03. The van der Waals surface area contributed by atoms with E-state index in [1.165, 1.54) is 11.0 Å². The van der Waals surface area contributed by atoms with Crippen LogP contribution in [0.3, 0.4) is 0 Å². The zero-order chi connectivity index (χ0) is 21.6. The zero-order valence-electron chi connectivity index (χ0n) is 16.7. The van der Waals surface area contributed by atoms with Crippen LogP contribution in [-0.4, -0.2) is 10.9 Å². The van der Waals surface area contributed by atoms with E-state index in [-0.39, 0.29) is 18.1 Å². The van der Waals surface area contributed by atoms with Crippen LogP contribution in [0.1, 0.15) is 22.7 Å². The maximum atomic E-state index is 14.8. The molecule has 0 bridgehead atoms. The summed E-state index contributed by atoms with van der Waals surface area (Å²) in [5.41, 5.74) is 2.17. The smallest absolute Gasteiger partial charge is 0.239 e. The number of benzene rings is 3. The van der Waals surface area contributed by atoms with E-state index in [0.717, 1.165) is 23.3 Å². The molecule has 0 unspecified atom stereocenters. The molecule has 0 N–H and O–H groups in total. The van der Waals surface area contributed by atoms with Gasteiger partial charge in [-0.3, -0.25) is 9.78 Å². The van der Waals surface area contributed by atoms with Gasteiger partial charge in [0.15, 0.2) is 0 Å². The number of carbonyl (C=O) groups excluding carboxylic acids is 1. The second kappa shape index (κ2) is 9.30. The number of carbonyl (C=O) groups is 1. The van der Waals surface area contributed by atoms with E-state index in [1.807, 2.05) is 60.7 Å². The first-order valence-corrected chi connectivity index (χ1v) is 9.89. The molecule has 154 valence electrons. The third kappa shape index (κ3) is 4.67. The van der Waals surface area contributed by atoms with Crippen LogP contribution in [0.25, 0.3) is 0 Å². The SMILES string of the molecule is O=C(C(c1ccccc1)c1ccccc1)N(Cc1ccccn1)c1ccc(F)cc1F. The fraction of sp³-hybridized carbons (Fsp3) is 0.0769. The summed E-state index contributed by atoms with van der Waals surface area (Å²) in [7, 11) is 0. The number of pyridine rings is 1. The van der Waals surface area contributed by atoms with Crippen LogP contribution in [-0.2, 0) is 11.3 Å². The predicted molar refractivity (Wildman–Crippen MR) is 117 cm³/mol. The lowest BCUT2D eigenvalue weighted by Gasteiger charge is -2.28. The van der Waals surface area contributed by atoms with Crippen molar-refractivity contribution in [1.29, 1.82) is 0 Å². The summed E-state index contributed by atoms with van der Waals surface area (Å²) < 4.78 is 28.3. The first kappa shape index (κ1) is 20.4. The zero-order valence-corrected chi connectivity index (χ0v) is 16.7. The molecule has 1 heterocycles. The molecule has 31 heavy (non-hydrogen) atoms. The van der Waals surface area contributed by atoms with E-state index in [9.17, 15) is 13.6 Å². The average molecular weight is 414 g/mol. The van der Waals surface area contributed by atoms with Crippen molar-refractivity contribution in [1.82, 2.24) is 4.98 Å².